The lowest BCUT2D eigenvalue weighted by atomic mass is 10.0. The van der Waals surface area contributed by atoms with Crippen LogP contribution >= 0.6 is 0 Å². The van der Waals surface area contributed by atoms with Gasteiger partial charge in [-0.25, -0.2) is 8.78 Å². The standard InChI is InChI=1S/C18H25F2N3O2/c19-16(20)13-23-10-7-15(8-11-23)22-17(24)6-9-21-18(25)12-14-4-2-1-3-5-14/h1-5,15-16H,6-13H2,(H,21,25)(H,22,24). The normalized spacial score (nSPS) is 16.0. The van der Waals surface area contributed by atoms with E-state index in [-0.39, 0.29) is 30.8 Å². The summed E-state index contributed by atoms with van der Waals surface area (Å²) in [6, 6.07) is 9.44. The van der Waals surface area contributed by atoms with Gasteiger partial charge in [-0.05, 0) is 18.4 Å². The number of benzene rings is 1. The first-order valence-electron chi connectivity index (χ1n) is 8.63. The van der Waals surface area contributed by atoms with Crippen molar-refractivity contribution in [2.24, 2.45) is 0 Å². The van der Waals surface area contributed by atoms with E-state index >= 15 is 0 Å². The molecule has 0 aromatic heterocycles. The second-order valence-corrected chi connectivity index (χ2v) is 6.30. The number of amides is 2. The van der Waals surface area contributed by atoms with Gasteiger partial charge in [0.25, 0.3) is 6.43 Å². The number of carbonyl (C=O) groups excluding carboxylic acids is 2. The second kappa shape index (κ2) is 10.1. The highest BCUT2D eigenvalue weighted by molar-refractivity contribution is 5.80. The summed E-state index contributed by atoms with van der Waals surface area (Å²) in [6.45, 7) is 1.24. The summed E-state index contributed by atoms with van der Waals surface area (Å²) < 4.78 is 24.6. The summed E-state index contributed by atoms with van der Waals surface area (Å²) in [5.74, 6) is -0.230. The Balaban J connectivity index is 1.57. The van der Waals surface area contributed by atoms with Crippen molar-refractivity contribution < 1.29 is 18.4 Å². The smallest absolute Gasteiger partial charge is 0.251 e. The molecule has 0 aliphatic carbocycles. The summed E-state index contributed by atoms with van der Waals surface area (Å²) in [5, 5.41) is 5.65. The monoisotopic (exact) mass is 353 g/mol. The van der Waals surface area contributed by atoms with Crippen molar-refractivity contribution in [1.29, 1.82) is 0 Å². The van der Waals surface area contributed by atoms with E-state index < -0.39 is 6.43 Å². The van der Waals surface area contributed by atoms with Crippen LogP contribution in [0.1, 0.15) is 24.8 Å². The molecule has 25 heavy (non-hydrogen) atoms. The maximum atomic E-state index is 12.3. The van der Waals surface area contributed by atoms with Crippen molar-refractivity contribution in [2.75, 3.05) is 26.2 Å². The average molecular weight is 353 g/mol. The number of hydrogen-bond donors (Lipinski definition) is 2. The summed E-state index contributed by atoms with van der Waals surface area (Å²) >= 11 is 0. The van der Waals surface area contributed by atoms with Crippen LogP contribution in [0.2, 0.25) is 0 Å². The number of hydrogen-bond acceptors (Lipinski definition) is 3. The van der Waals surface area contributed by atoms with Gasteiger partial charge >= 0.3 is 0 Å². The summed E-state index contributed by atoms with van der Waals surface area (Å²) in [4.78, 5) is 25.4. The number of halogens is 2. The van der Waals surface area contributed by atoms with E-state index in [0.717, 1.165) is 5.56 Å². The molecule has 1 aliphatic heterocycles. The van der Waals surface area contributed by atoms with Crippen molar-refractivity contribution in [3.63, 3.8) is 0 Å². The van der Waals surface area contributed by atoms with Gasteiger partial charge in [-0.15, -0.1) is 0 Å². The molecule has 1 aromatic rings. The molecule has 0 radical (unpaired) electrons. The van der Waals surface area contributed by atoms with E-state index in [0.29, 0.717) is 38.9 Å². The minimum absolute atomic E-state index is 0.0291. The molecule has 2 rings (SSSR count). The lowest BCUT2D eigenvalue weighted by molar-refractivity contribution is -0.122. The fraction of sp³-hybridized carbons (Fsp3) is 0.556. The zero-order valence-electron chi connectivity index (χ0n) is 14.2. The second-order valence-electron chi connectivity index (χ2n) is 6.30. The third kappa shape index (κ3) is 7.60. The van der Waals surface area contributed by atoms with Gasteiger partial charge < -0.3 is 10.6 Å². The molecule has 0 atom stereocenters. The van der Waals surface area contributed by atoms with Crippen molar-refractivity contribution in [3.8, 4) is 0 Å². The molecule has 1 fully saturated rings. The van der Waals surface area contributed by atoms with Crippen LogP contribution < -0.4 is 10.6 Å². The summed E-state index contributed by atoms with van der Waals surface area (Å²) in [7, 11) is 0. The molecule has 1 aromatic carbocycles. The molecule has 0 bridgehead atoms. The topological polar surface area (TPSA) is 61.4 Å². The average Bonchev–Trinajstić information content (AvgIpc) is 2.57. The molecule has 2 amide bonds. The lowest BCUT2D eigenvalue weighted by Crippen LogP contribution is -2.46. The maximum Gasteiger partial charge on any atom is 0.251 e. The highest BCUT2D eigenvalue weighted by atomic mass is 19.3. The van der Waals surface area contributed by atoms with Crippen LogP contribution in [0.15, 0.2) is 30.3 Å². The Morgan fingerprint density at radius 3 is 2.44 bits per heavy atom. The van der Waals surface area contributed by atoms with Crippen molar-refractivity contribution in [2.45, 2.75) is 38.2 Å². The zero-order valence-corrected chi connectivity index (χ0v) is 14.2. The minimum atomic E-state index is -2.31. The van der Waals surface area contributed by atoms with Crippen LogP contribution in [0.5, 0.6) is 0 Å². The number of alkyl halides is 2. The van der Waals surface area contributed by atoms with E-state index in [1.165, 1.54) is 0 Å². The van der Waals surface area contributed by atoms with Gasteiger partial charge in [0.05, 0.1) is 13.0 Å². The van der Waals surface area contributed by atoms with E-state index in [4.69, 9.17) is 0 Å². The van der Waals surface area contributed by atoms with Gasteiger partial charge in [-0.1, -0.05) is 30.3 Å². The Labute approximate surface area is 146 Å². The Hall–Kier alpha value is -2.02. The first-order chi connectivity index (χ1) is 12.0. The molecule has 5 nitrogen and oxygen atoms in total. The maximum absolute atomic E-state index is 12.3. The van der Waals surface area contributed by atoms with Gasteiger partial charge in [-0.2, -0.15) is 0 Å². The summed E-state index contributed by atoms with van der Waals surface area (Å²) in [5.41, 5.74) is 0.931. The predicted octanol–water partition coefficient (Wildman–Crippen LogP) is 1.58. The molecule has 138 valence electrons. The Bertz CT molecular complexity index is 547. The molecule has 0 saturated carbocycles. The quantitative estimate of drug-likeness (QED) is 0.746. The highest BCUT2D eigenvalue weighted by Crippen LogP contribution is 2.12. The van der Waals surface area contributed by atoms with Crippen LogP contribution in [0.3, 0.4) is 0 Å². The van der Waals surface area contributed by atoms with Gasteiger partial charge in [0.15, 0.2) is 0 Å². The molecular formula is C18H25F2N3O2. The third-order valence-corrected chi connectivity index (χ3v) is 4.23. The molecule has 2 N–H and O–H groups in total. The zero-order chi connectivity index (χ0) is 18.1. The fourth-order valence-corrected chi connectivity index (χ4v) is 2.91. The Morgan fingerprint density at radius 1 is 1.12 bits per heavy atom. The fourth-order valence-electron chi connectivity index (χ4n) is 2.91. The lowest BCUT2D eigenvalue weighted by Gasteiger charge is -2.32. The molecule has 1 saturated heterocycles. The minimum Gasteiger partial charge on any atom is -0.355 e. The molecule has 7 heteroatoms. The third-order valence-electron chi connectivity index (χ3n) is 4.23. The van der Waals surface area contributed by atoms with E-state index in [2.05, 4.69) is 10.6 Å². The largest absolute Gasteiger partial charge is 0.355 e. The molecule has 1 aliphatic rings. The summed E-state index contributed by atoms with van der Waals surface area (Å²) in [6.07, 6.45) is -0.439. The van der Waals surface area contributed by atoms with Gasteiger partial charge in [0.1, 0.15) is 0 Å². The SMILES string of the molecule is O=C(Cc1ccccc1)NCCC(=O)NC1CCN(CC(F)F)CC1. The van der Waals surface area contributed by atoms with Gasteiger partial charge in [0.2, 0.25) is 11.8 Å². The Kier molecular flexibility index (Phi) is 7.78. The number of likely N-dealkylation sites (tertiary alicyclic amines) is 1. The Morgan fingerprint density at radius 2 is 1.80 bits per heavy atom. The van der Waals surface area contributed by atoms with Crippen LogP contribution in [0.4, 0.5) is 8.78 Å². The van der Waals surface area contributed by atoms with Gasteiger partial charge in [-0.3, -0.25) is 14.5 Å². The van der Waals surface area contributed by atoms with Crippen LogP contribution in [-0.2, 0) is 16.0 Å². The number of piperidine rings is 1. The van der Waals surface area contributed by atoms with E-state index in [1.54, 1.807) is 4.90 Å². The van der Waals surface area contributed by atoms with Crippen molar-refractivity contribution in [3.05, 3.63) is 35.9 Å². The van der Waals surface area contributed by atoms with E-state index in [9.17, 15) is 18.4 Å². The first-order valence-corrected chi connectivity index (χ1v) is 8.63. The number of nitrogens with zero attached hydrogens (tertiary/aromatic N) is 1. The van der Waals surface area contributed by atoms with Crippen LogP contribution in [-0.4, -0.2) is 55.4 Å². The number of nitrogens with one attached hydrogen (secondary N) is 2. The predicted molar refractivity (Wildman–Crippen MR) is 91.4 cm³/mol. The van der Waals surface area contributed by atoms with Crippen molar-refractivity contribution in [1.82, 2.24) is 15.5 Å². The van der Waals surface area contributed by atoms with Crippen molar-refractivity contribution >= 4 is 11.8 Å². The van der Waals surface area contributed by atoms with Crippen LogP contribution in [0, 0.1) is 0 Å². The number of rotatable bonds is 8. The van der Waals surface area contributed by atoms with Gasteiger partial charge in [0, 0.05) is 32.1 Å². The molecular weight excluding hydrogens is 328 g/mol. The number of carbonyl (C=O) groups is 2. The molecule has 0 unspecified atom stereocenters. The molecule has 1 heterocycles. The molecule has 0 spiro atoms. The first kappa shape index (κ1) is 19.3. The highest BCUT2D eigenvalue weighted by Gasteiger charge is 2.22. The van der Waals surface area contributed by atoms with Crippen LogP contribution in [0.25, 0.3) is 0 Å². The van der Waals surface area contributed by atoms with E-state index in [1.807, 2.05) is 30.3 Å².